The van der Waals surface area contributed by atoms with Gasteiger partial charge in [0, 0.05) is 21.8 Å². The fraction of sp³-hybridized carbons (Fsp3) is 0.0500. The maximum absolute atomic E-state index is 12.6. The zero-order chi connectivity index (χ0) is 14.9. The molecule has 0 saturated carbocycles. The van der Waals surface area contributed by atoms with Crippen LogP contribution in [0.4, 0.5) is 0 Å². The summed E-state index contributed by atoms with van der Waals surface area (Å²) in [5.41, 5.74) is 2.78. The lowest BCUT2D eigenvalue weighted by Crippen LogP contribution is -2.11. The number of ketones is 1. The Morgan fingerprint density at radius 1 is 0.864 bits per heavy atom. The summed E-state index contributed by atoms with van der Waals surface area (Å²) in [5.74, 6) is 0.894. The first-order valence-electron chi connectivity index (χ1n) is 7.27. The first kappa shape index (κ1) is 13.4. The molecule has 3 aromatic rings. The van der Waals surface area contributed by atoms with Crippen molar-refractivity contribution in [1.29, 1.82) is 0 Å². The van der Waals surface area contributed by atoms with Crippen molar-refractivity contribution in [1.82, 2.24) is 0 Å². The van der Waals surface area contributed by atoms with Crippen molar-refractivity contribution in [2.75, 3.05) is 5.75 Å². The molecular formula is C20H14OS. The fourth-order valence-corrected chi connectivity index (χ4v) is 3.80. The van der Waals surface area contributed by atoms with Crippen LogP contribution >= 0.6 is 11.8 Å². The van der Waals surface area contributed by atoms with Gasteiger partial charge in [-0.25, -0.2) is 0 Å². The van der Waals surface area contributed by atoms with Gasteiger partial charge in [-0.2, -0.15) is 0 Å². The summed E-state index contributed by atoms with van der Waals surface area (Å²) < 4.78 is 0. The zero-order valence-corrected chi connectivity index (χ0v) is 12.8. The number of hydrogen-bond donors (Lipinski definition) is 0. The third-order valence-corrected chi connectivity index (χ3v) is 5.04. The van der Waals surface area contributed by atoms with E-state index in [1.807, 2.05) is 42.5 Å². The van der Waals surface area contributed by atoms with E-state index in [9.17, 15) is 4.79 Å². The molecule has 0 bridgehead atoms. The molecule has 1 nitrogen and oxygen atoms in total. The maximum Gasteiger partial charge on any atom is 0.191 e. The van der Waals surface area contributed by atoms with Crippen molar-refractivity contribution in [2.45, 2.75) is 4.90 Å². The standard InChI is InChI=1S/C20H14OS/c21-20-17(13-22-19-8-4-3-7-18(19)20)12-14-9-10-15-5-1-2-6-16(15)11-14/h1-12H,13H2/b17-12+. The Balaban J connectivity index is 1.74. The number of carbonyl (C=O) groups is 1. The molecule has 0 atom stereocenters. The third kappa shape index (κ3) is 2.36. The highest BCUT2D eigenvalue weighted by atomic mass is 32.2. The van der Waals surface area contributed by atoms with Crippen molar-refractivity contribution < 1.29 is 4.79 Å². The van der Waals surface area contributed by atoms with Crippen LogP contribution in [0.25, 0.3) is 16.8 Å². The van der Waals surface area contributed by atoms with Gasteiger partial charge in [-0.05, 0) is 40.6 Å². The zero-order valence-electron chi connectivity index (χ0n) is 12.0. The second-order valence-corrected chi connectivity index (χ2v) is 6.41. The van der Waals surface area contributed by atoms with Gasteiger partial charge in [0.1, 0.15) is 0 Å². The molecule has 0 fully saturated rings. The summed E-state index contributed by atoms with van der Waals surface area (Å²) in [5, 5.41) is 2.42. The van der Waals surface area contributed by atoms with E-state index in [1.54, 1.807) is 11.8 Å². The van der Waals surface area contributed by atoms with Crippen molar-refractivity contribution in [3.8, 4) is 0 Å². The average molecular weight is 302 g/mol. The number of carbonyl (C=O) groups excluding carboxylic acids is 1. The first-order valence-corrected chi connectivity index (χ1v) is 8.26. The monoisotopic (exact) mass is 302 g/mol. The molecule has 0 aliphatic carbocycles. The SMILES string of the molecule is O=C1/C(=C/c2ccc3ccccc3c2)CSc2ccccc21. The molecule has 4 rings (SSSR count). The third-order valence-electron chi connectivity index (χ3n) is 3.92. The summed E-state index contributed by atoms with van der Waals surface area (Å²) in [6.07, 6.45) is 2.03. The van der Waals surface area contributed by atoms with E-state index in [-0.39, 0.29) is 5.78 Å². The molecular weight excluding hydrogens is 288 g/mol. The summed E-state index contributed by atoms with van der Waals surface area (Å²) >= 11 is 1.73. The Hall–Kier alpha value is -2.32. The van der Waals surface area contributed by atoms with E-state index in [0.29, 0.717) is 0 Å². The molecule has 0 saturated heterocycles. The van der Waals surface area contributed by atoms with Crippen LogP contribution in [-0.2, 0) is 0 Å². The second-order valence-electron chi connectivity index (χ2n) is 5.39. The minimum atomic E-state index is 0.155. The molecule has 0 N–H and O–H groups in total. The molecule has 1 aliphatic heterocycles. The van der Waals surface area contributed by atoms with E-state index in [0.717, 1.165) is 27.3 Å². The van der Waals surface area contributed by atoms with Crippen LogP contribution < -0.4 is 0 Å². The normalized spacial score (nSPS) is 16.0. The van der Waals surface area contributed by atoms with Crippen molar-refractivity contribution >= 4 is 34.4 Å². The largest absolute Gasteiger partial charge is 0.289 e. The van der Waals surface area contributed by atoms with E-state index in [4.69, 9.17) is 0 Å². The molecule has 0 radical (unpaired) electrons. The highest BCUT2D eigenvalue weighted by Gasteiger charge is 2.21. The Morgan fingerprint density at radius 3 is 2.55 bits per heavy atom. The van der Waals surface area contributed by atoms with E-state index in [1.165, 1.54) is 10.8 Å². The summed E-state index contributed by atoms with van der Waals surface area (Å²) in [6, 6.07) is 22.4. The number of hydrogen-bond acceptors (Lipinski definition) is 2. The highest BCUT2D eigenvalue weighted by molar-refractivity contribution is 7.99. The predicted octanol–water partition coefficient (Wildman–Crippen LogP) is 5.21. The maximum atomic E-state index is 12.6. The Kier molecular flexibility index (Phi) is 3.32. The van der Waals surface area contributed by atoms with Crippen LogP contribution in [0, 0.1) is 0 Å². The van der Waals surface area contributed by atoms with Gasteiger partial charge in [0.2, 0.25) is 0 Å². The van der Waals surface area contributed by atoms with Crippen molar-refractivity contribution in [2.24, 2.45) is 0 Å². The van der Waals surface area contributed by atoms with Gasteiger partial charge in [0.05, 0.1) is 0 Å². The van der Waals surface area contributed by atoms with Gasteiger partial charge in [-0.1, -0.05) is 48.5 Å². The first-order chi connectivity index (χ1) is 10.8. The second kappa shape index (κ2) is 5.47. The molecule has 106 valence electrons. The molecule has 0 spiro atoms. The van der Waals surface area contributed by atoms with Gasteiger partial charge in [-0.15, -0.1) is 11.8 Å². The summed E-state index contributed by atoms with van der Waals surface area (Å²) in [6.45, 7) is 0. The number of Topliss-reactive ketones (excluding diaryl/α,β-unsaturated/α-hetero) is 1. The highest BCUT2D eigenvalue weighted by Crippen LogP contribution is 2.33. The number of benzene rings is 3. The lowest BCUT2D eigenvalue weighted by molar-refractivity contribution is 0.103. The van der Waals surface area contributed by atoms with Gasteiger partial charge >= 0.3 is 0 Å². The number of fused-ring (bicyclic) bond motifs is 2. The van der Waals surface area contributed by atoms with Gasteiger partial charge in [0.15, 0.2) is 5.78 Å². The molecule has 2 heteroatoms. The molecule has 1 heterocycles. The Bertz CT molecular complexity index is 908. The van der Waals surface area contributed by atoms with Crippen LogP contribution in [-0.4, -0.2) is 11.5 Å². The quantitative estimate of drug-likeness (QED) is 0.574. The van der Waals surface area contributed by atoms with Gasteiger partial charge in [0.25, 0.3) is 0 Å². The fourth-order valence-electron chi connectivity index (χ4n) is 2.78. The average Bonchev–Trinajstić information content (AvgIpc) is 2.57. The minimum Gasteiger partial charge on any atom is -0.289 e. The summed E-state index contributed by atoms with van der Waals surface area (Å²) in [7, 11) is 0. The summed E-state index contributed by atoms with van der Waals surface area (Å²) in [4.78, 5) is 13.7. The number of rotatable bonds is 1. The van der Waals surface area contributed by atoms with Crippen LogP contribution in [0.3, 0.4) is 0 Å². The number of thioether (sulfide) groups is 1. The van der Waals surface area contributed by atoms with Crippen molar-refractivity contribution in [3.05, 3.63) is 83.4 Å². The van der Waals surface area contributed by atoms with Crippen LogP contribution in [0.2, 0.25) is 0 Å². The van der Waals surface area contributed by atoms with E-state index >= 15 is 0 Å². The lowest BCUT2D eigenvalue weighted by atomic mass is 10.00. The van der Waals surface area contributed by atoms with Crippen LogP contribution in [0.1, 0.15) is 15.9 Å². The van der Waals surface area contributed by atoms with Crippen LogP contribution in [0.15, 0.2) is 77.2 Å². The van der Waals surface area contributed by atoms with E-state index < -0.39 is 0 Å². The lowest BCUT2D eigenvalue weighted by Gasteiger charge is -2.16. The van der Waals surface area contributed by atoms with Gasteiger partial charge in [-0.3, -0.25) is 4.79 Å². The molecule has 1 aliphatic rings. The predicted molar refractivity (Wildman–Crippen MR) is 93.4 cm³/mol. The molecule has 22 heavy (non-hydrogen) atoms. The molecule has 3 aromatic carbocycles. The van der Waals surface area contributed by atoms with Gasteiger partial charge < -0.3 is 0 Å². The smallest absolute Gasteiger partial charge is 0.191 e. The van der Waals surface area contributed by atoms with Crippen LogP contribution in [0.5, 0.6) is 0 Å². The molecule has 0 unspecified atom stereocenters. The van der Waals surface area contributed by atoms with E-state index in [2.05, 4.69) is 30.3 Å². The Morgan fingerprint density at radius 2 is 1.64 bits per heavy atom. The topological polar surface area (TPSA) is 17.1 Å². The molecule has 0 amide bonds. The minimum absolute atomic E-state index is 0.155. The Labute approximate surface area is 133 Å². The molecule has 0 aromatic heterocycles. The van der Waals surface area contributed by atoms with Crippen molar-refractivity contribution in [3.63, 3.8) is 0 Å².